The minimum absolute atomic E-state index is 0.390. The molecule has 0 bridgehead atoms. The lowest BCUT2D eigenvalue weighted by Gasteiger charge is -2.32. The Morgan fingerprint density at radius 1 is 0.688 bits per heavy atom. The molecule has 2 rings (SSSR count). The van der Waals surface area contributed by atoms with E-state index in [0.29, 0.717) is 0 Å². The first kappa shape index (κ1) is 26.3. The van der Waals surface area contributed by atoms with Gasteiger partial charge in [-0.25, -0.2) is 0 Å². The highest BCUT2D eigenvalue weighted by Gasteiger charge is 2.33. The van der Waals surface area contributed by atoms with E-state index in [1.54, 1.807) is 0 Å². The zero-order valence-corrected chi connectivity index (χ0v) is 20.4. The van der Waals surface area contributed by atoms with Crippen LogP contribution in [0, 0.1) is 13.8 Å². The van der Waals surface area contributed by atoms with Crippen molar-refractivity contribution in [2.24, 2.45) is 0 Å². The second-order valence-corrected chi connectivity index (χ2v) is 10.0. The fourth-order valence-electron chi connectivity index (χ4n) is 4.43. The lowest BCUT2D eigenvalue weighted by molar-refractivity contribution is -0.112. The zero-order valence-electron chi connectivity index (χ0n) is 20.4. The molecule has 0 amide bonds. The van der Waals surface area contributed by atoms with Crippen LogP contribution in [-0.4, -0.2) is 22.8 Å². The van der Waals surface area contributed by atoms with E-state index in [-0.39, 0.29) is 5.41 Å². The van der Waals surface area contributed by atoms with E-state index in [4.69, 9.17) is 0 Å². The third-order valence-corrected chi connectivity index (χ3v) is 7.14. The maximum atomic E-state index is 11.8. The molecule has 0 aliphatic heterocycles. The van der Waals surface area contributed by atoms with Gasteiger partial charge in [-0.2, -0.15) is 0 Å². The van der Waals surface area contributed by atoms with E-state index in [1.165, 1.54) is 24.0 Å². The summed E-state index contributed by atoms with van der Waals surface area (Å²) in [6, 6.07) is 16.4. The molecule has 0 heterocycles. The van der Waals surface area contributed by atoms with Crippen molar-refractivity contribution >= 4 is 6.29 Å². The Bertz CT molecular complexity index is 809. The number of hydrogen-bond donors (Lipinski definition) is 2. The van der Waals surface area contributed by atoms with Gasteiger partial charge in [-0.3, -0.25) is 0 Å². The predicted octanol–water partition coefficient (Wildman–Crippen LogP) is 6.54. The smallest absolute Gasteiger partial charge is 0.160 e. The Balaban J connectivity index is 1.67. The lowest BCUT2D eigenvalue weighted by Crippen LogP contribution is -2.36. The number of aliphatic hydroxyl groups is 2. The van der Waals surface area contributed by atoms with Crippen LogP contribution >= 0.6 is 0 Å². The van der Waals surface area contributed by atoms with Gasteiger partial charge in [0.25, 0.3) is 0 Å². The summed E-state index contributed by atoms with van der Waals surface area (Å²) in [6.07, 6.45) is 9.23. The van der Waals surface area contributed by atoms with Gasteiger partial charge in [0.05, 0.1) is 0 Å². The van der Waals surface area contributed by atoms with Gasteiger partial charge >= 0.3 is 0 Å². The van der Waals surface area contributed by atoms with E-state index >= 15 is 0 Å². The highest BCUT2D eigenvalue weighted by atomic mass is 16.5. The largest absolute Gasteiger partial charge is 0.367 e. The van der Waals surface area contributed by atoms with Gasteiger partial charge in [0.2, 0.25) is 0 Å². The second kappa shape index (κ2) is 12.3. The van der Waals surface area contributed by atoms with E-state index < -0.39 is 11.7 Å². The van der Waals surface area contributed by atoms with Crippen molar-refractivity contribution in [3.05, 3.63) is 70.8 Å². The van der Waals surface area contributed by atoms with Gasteiger partial charge in [-0.05, 0) is 44.7 Å². The van der Waals surface area contributed by atoms with Gasteiger partial charge in [-0.15, -0.1) is 0 Å². The molecule has 2 aromatic rings. The number of benzene rings is 2. The van der Waals surface area contributed by atoms with Gasteiger partial charge in [0.1, 0.15) is 6.29 Å². The summed E-state index contributed by atoms with van der Waals surface area (Å²) < 4.78 is 0. The summed E-state index contributed by atoms with van der Waals surface area (Å²) in [5, 5.41) is 20.0. The topological polar surface area (TPSA) is 57.5 Å². The Hall–Kier alpha value is -1.97. The Kier molecular flexibility index (Phi) is 10.1. The van der Waals surface area contributed by atoms with Crippen molar-refractivity contribution in [1.29, 1.82) is 0 Å². The third kappa shape index (κ3) is 7.28. The number of carbonyl (C=O) groups excluding carboxylic acids is 1. The molecule has 3 heteroatoms. The van der Waals surface area contributed by atoms with Crippen LogP contribution in [0.2, 0.25) is 0 Å². The molecule has 2 N–H and O–H groups in total. The molecule has 0 radical (unpaired) electrons. The van der Waals surface area contributed by atoms with Crippen LogP contribution in [0.3, 0.4) is 0 Å². The van der Waals surface area contributed by atoms with E-state index in [0.717, 1.165) is 62.4 Å². The Morgan fingerprint density at radius 2 is 1.09 bits per heavy atom. The first-order valence-corrected chi connectivity index (χ1v) is 12.2. The van der Waals surface area contributed by atoms with E-state index in [2.05, 4.69) is 31.2 Å². The average Bonchev–Trinajstić information content (AvgIpc) is 2.78. The van der Waals surface area contributed by atoms with Crippen molar-refractivity contribution in [2.75, 3.05) is 0 Å². The summed E-state index contributed by atoms with van der Waals surface area (Å²) in [7, 11) is 0. The molecule has 0 saturated heterocycles. The minimum Gasteiger partial charge on any atom is -0.367 e. The van der Waals surface area contributed by atoms with Crippen molar-refractivity contribution in [3.63, 3.8) is 0 Å². The molecule has 2 aromatic carbocycles. The molecule has 0 aliphatic rings. The molecule has 176 valence electrons. The molecule has 0 fully saturated rings. The number of aryl methyl sites for hydroxylation is 2. The number of aliphatic hydroxyl groups excluding tert-OH is 1. The van der Waals surface area contributed by atoms with Crippen LogP contribution in [0.15, 0.2) is 48.5 Å². The SMILES string of the molecule is Cc1ccc(C(C)(C=O)CCCCCCCCCC(C)(c2ccc(C)cc2)C(O)O)cc1. The molecule has 2 atom stereocenters. The van der Waals surface area contributed by atoms with Gasteiger partial charge < -0.3 is 15.0 Å². The molecule has 3 nitrogen and oxygen atoms in total. The highest BCUT2D eigenvalue weighted by Crippen LogP contribution is 2.33. The van der Waals surface area contributed by atoms with Crippen LogP contribution < -0.4 is 0 Å². The van der Waals surface area contributed by atoms with Crippen molar-refractivity contribution in [1.82, 2.24) is 0 Å². The van der Waals surface area contributed by atoms with Crippen LogP contribution in [0.1, 0.15) is 93.9 Å². The average molecular weight is 439 g/mol. The van der Waals surface area contributed by atoms with Crippen molar-refractivity contribution < 1.29 is 15.0 Å². The maximum Gasteiger partial charge on any atom is 0.160 e. The van der Waals surface area contributed by atoms with Crippen LogP contribution in [0.4, 0.5) is 0 Å². The minimum atomic E-state index is -1.36. The molecule has 0 aliphatic carbocycles. The normalized spacial score (nSPS) is 15.3. The van der Waals surface area contributed by atoms with E-state index in [9.17, 15) is 15.0 Å². The summed E-state index contributed by atoms with van der Waals surface area (Å²) in [4.78, 5) is 11.8. The molecule has 0 aromatic heterocycles. The van der Waals surface area contributed by atoms with Gasteiger partial charge in [-0.1, -0.05) is 112 Å². The standard InChI is InChI=1S/C29H42O3/c1-23-12-16-25(17-13-23)28(3,22-30)20-10-8-6-5-7-9-11-21-29(4,27(31)32)26-18-14-24(2)15-19-26/h12-19,22,27,31-32H,5-11,20-21H2,1-4H3. The van der Waals surface area contributed by atoms with Crippen molar-refractivity contribution in [2.45, 2.75) is 103 Å². The lowest BCUT2D eigenvalue weighted by atomic mass is 9.77. The fraction of sp³-hybridized carbons (Fsp3) is 0.552. The second-order valence-electron chi connectivity index (χ2n) is 10.0. The first-order valence-electron chi connectivity index (χ1n) is 12.2. The zero-order chi connectivity index (χ0) is 23.6. The molecule has 2 unspecified atom stereocenters. The number of carbonyl (C=O) groups is 1. The maximum absolute atomic E-state index is 11.8. The van der Waals surface area contributed by atoms with Crippen LogP contribution in [-0.2, 0) is 15.6 Å². The quantitative estimate of drug-likeness (QED) is 0.200. The number of aldehydes is 1. The summed E-state index contributed by atoms with van der Waals surface area (Å²) in [5.74, 6) is 0. The third-order valence-electron chi connectivity index (χ3n) is 7.14. The molecular formula is C29H42O3. The first-order chi connectivity index (χ1) is 15.2. The van der Waals surface area contributed by atoms with Crippen LogP contribution in [0.5, 0.6) is 0 Å². The molecule has 0 saturated carbocycles. The number of unbranched alkanes of at least 4 members (excludes halogenated alkanes) is 6. The predicted molar refractivity (Wildman–Crippen MR) is 133 cm³/mol. The summed E-state index contributed by atoms with van der Waals surface area (Å²) in [6.45, 7) is 8.10. The molecular weight excluding hydrogens is 396 g/mol. The van der Waals surface area contributed by atoms with Crippen molar-refractivity contribution in [3.8, 4) is 0 Å². The van der Waals surface area contributed by atoms with Crippen LogP contribution in [0.25, 0.3) is 0 Å². The number of rotatable bonds is 14. The monoisotopic (exact) mass is 438 g/mol. The van der Waals surface area contributed by atoms with Gasteiger partial charge in [0, 0.05) is 10.8 Å². The summed E-state index contributed by atoms with van der Waals surface area (Å²) >= 11 is 0. The highest BCUT2D eigenvalue weighted by molar-refractivity contribution is 5.67. The Morgan fingerprint density at radius 3 is 1.53 bits per heavy atom. The molecule has 0 spiro atoms. The fourth-order valence-corrected chi connectivity index (χ4v) is 4.43. The van der Waals surface area contributed by atoms with E-state index in [1.807, 2.05) is 45.0 Å². The number of hydrogen-bond acceptors (Lipinski definition) is 3. The Labute approximate surface area is 194 Å². The van der Waals surface area contributed by atoms with Gasteiger partial charge in [0.15, 0.2) is 6.29 Å². The molecule has 32 heavy (non-hydrogen) atoms. The summed E-state index contributed by atoms with van der Waals surface area (Å²) in [5.41, 5.74) is 3.48.